The third-order valence-electron chi connectivity index (χ3n) is 5.12. The van der Waals surface area contributed by atoms with Crippen LogP contribution in [0.1, 0.15) is 45.2 Å². The maximum absolute atomic E-state index is 13.7. The minimum Gasteiger partial charge on any atom is -0.337 e. The van der Waals surface area contributed by atoms with E-state index in [0.717, 1.165) is 18.2 Å². The van der Waals surface area contributed by atoms with Crippen LogP contribution in [-0.2, 0) is 17.9 Å². The maximum Gasteiger partial charge on any atom is 0.419 e. The number of amides is 1. The Labute approximate surface area is 194 Å². The van der Waals surface area contributed by atoms with Gasteiger partial charge in [0.1, 0.15) is 11.4 Å². The first-order valence-corrected chi connectivity index (χ1v) is 10.00. The van der Waals surface area contributed by atoms with Crippen LogP contribution in [0.25, 0.3) is 0 Å². The Bertz CT molecular complexity index is 1220. The van der Waals surface area contributed by atoms with E-state index in [0.29, 0.717) is 12.1 Å². The van der Waals surface area contributed by atoms with Gasteiger partial charge in [0.25, 0.3) is 5.91 Å². The van der Waals surface area contributed by atoms with Crippen LogP contribution in [0.2, 0.25) is 5.02 Å². The van der Waals surface area contributed by atoms with Crippen LogP contribution in [0.3, 0.4) is 0 Å². The zero-order valence-electron chi connectivity index (χ0n) is 17.6. The molecule has 1 amide bonds. The van der Waals surface area contributed by atoms with Gasteiger partial charge >= 0.3 is 12.4 Å². The topological polar surface area (TPSA) is 42.0 Å². The van der Waals surface area contributed by atoms with Crippen molar-refractivity contribution in [3.8, 4) is 0 Å². The molecule has 1 atom stereocenters. The van der Waals surface area contributed by atoms with Crippen molar-refractivity contribution >= 4 is 17.5 Å². The summed E-state index contributed by atoms with van der Waals surface area (Å²) in [5, 5.41) is 2.68. The number of nitrogens with zero attached hydrogens (tertiary/aromatic N) is 1. The SMILES string of the molecule is Cc1cc(C(F)(F)F)cc(C(C)(NC(=O)c2ccc(F)c(C(F)(F)F)c2)c2ccc(Cl)cn2)c1. The third-order valence-corrected chi connectivity index (χ3v) is 5.34. The van der Waals surface area contributed by atoms with Crippen LogP contribution >= 0.6 is 11.6 Å². The molecule has 1 aromatic heterocycles. The molecule has 0 aliphatic carbocycles. The van der Waals surface area contributed by atoms with Crippen molar-refractivity contribution < 1.29 is 35.5 Å². The van der Waals surface area contributed by atoms with Crippen LogP contribution in [0.5, 0.6) is 0 Å². The van der Waals surface area contributed by atoms with Gasteiger partial charge in [-0.2, -0.15) is 26.3 Å². The lowest BCUT2D eigenvalue weighted by Gasteiger charge is -2.32. The molecule has 0 aliphatic heterocycles. The molecule has 0 fully saturated rings. The highest BCUT2D eigenvalue weighted by atomic mass is 35.5. The molecule has 0 radical (unpaired) electrons. The van der Waals surface area contributed by atoms with E-state index in [2.05, 4.69) is 10.3 Å². The number of carbonyl (C=O) groups is 1. The summed E-state index contributed by atoms with van der Waals surface area (Å²) < 4.78 is 93.3. The van der Waals surface area contributed by atoms with Crippen molar-refractivity contribution in [1.82, 2.24) is 10.3 Å². The fraction of sp³-hybridized carbons (Fsp3) is 0.217. The number of alkyl halides is 6. The molecule has 3 nitrogen and oxygen atoms in total. The summed E-state index contributed by atoms with van der Waals surface area (Å²) in [7, 11) is 0. The smallest absolute Gasteiger partial charge is 0.337 e. The first-order valence-electron chi connectivity index (χ1n) is 9.62. The van der Waals surface area contributed by atoms with Crippen molar-refractivity contribution in [2.45, 2.75) is 31.7 Å². The summed E-state index contributed by atoms with van der Waals surface area (Å²) in [4.78, 5) is 17.1. The van der Waals surface area contributed by atoms with Crippen molar-refractivity contribution in [2.75, 3.05) is 0 Å². The monoisotopic (exact) mass is 504 g/mol. The Kier molecular flexibility index (Phi) is 6.67. The largest absolute Gasteiger partial charge is 0.419 e. The summed E-state index contributed by atoms with van der Waals surface area (Å²) in [5.74, 6) is -2.65. The number of halogens is 8. The predicted octanol–water partition coefficient (Wildman–Crippen LogP) is 6.91. The lowest BCUT2D eigenvalue weighted by atomic mass is 9.85. The second kappa shape index (κ2) is 8.90. The van der Waals surface area contributed by atoms with Crippen LogP contribution in [-0.4, -0.2) is 10.9 Å². The quantitative estimate of drug-likeness (QED) is 0.392. The number of hydrogen-bond acceptors (Lipinski definition) is 2. The zero-order valence-corrected chi connectivity index (χ0v) is 18.3. The van der Waals surface area contributed by atoms with E-state index in [9.17, 15) is 35.5 Å². The van der Waals surface area contributed by atoms with E-state index in [-0.39, 0.29) is 21.8 Å². The highest BCUT2D eigenvalue weighted by molar-refractivity contribution is 6.30. The molecule has 11 heteroatoms. The molecule has 3 aromatic rings. The molecule has 0 spiro atoms. The molecule has 0 bridgehead atoms. The average molecular weight is 505 g/mol. The van der Waals surface area contributed by atoms with Gasteiger partial charge in [0.15, 0.2) is 0 Å². The van der Waals surface area contributed by atoms with Gasteiger partial charge in [0.05, 0.1) is 21.8 Å². The normalized spacial score (nSPS) is 13.9. The first kappa shape index (κ1) is 25.5. The standard InChI is InChI=1S/C23H16ClF7N2O/c1-12-7-14(10-15(8-12)22(26,27)28)21(2,19-6-4-16(24)11-32-19)33-20(34)13-3-5-18(25)17(9-13)23(29,30)31/h3-11H,1-2H3,(H,33,34). The highest BCUT2D eigenvalue weighted by Gasteiger charge is 2.38. The second-order valence-corrected chi connectivity index (χ2v) is 8.16. The predicted molar refractivity (Wildman–Crippen MR) is 111 cm³/mol. The lowest BCUT2D eigenvalue weighted by Crippen LogP contribution is -2.45. The van der Waals surface area contributed by atoms with Gasteiger partial charge in [0.2, 0.25) is 0 Å². The Balaban J connectivity index is 2.15. The summed E-state index contributed by atoms with van der Waals surface area (Å²) in [5.41, 5.74) is -4.64. The van der Waals surface area contributed by atoms with Gasteiger partial charge < -0.3 is 5.32 Å². The summed E-state index contributed by atoms with van der Waals surface area (Å²) in [6.07, 6.45) is -8.54. The number of nitrogens with one attached hydrogen (secondary N) is 1. The molecule has 180 valence electrons. The lowest BCUT2D eigenvalue weighted by molar-refractivity contribution is -0.140. The summed E-state index contributed by atoms with van der Waals surface area (Å²) >= 11 is 5.85. The first-order chi connectivity index (χ1) is 15.6. The number of hydrogen-bond donors (Lipinski definition) is 1. The van der Waals surface area contributed by atoms with Gasteiger partial charge in [-0.3, -0.25) is 9.78 Å². The van der Waals surface area contributed by atoms with E-state index >= 15 is 0 Å². The average Bonchev–Trinajstić information content (AvgIpc) is 2.72. The zero-order chi connectivity index (χ0) is 25.5. The molecule has 0 saturated heterocycles. The van der Waals surface area contributed by atoms with Crippen molar-refractivity contribution in [3.05, 3.63) is 99.1 Å². The minimum absolute atomic E-state index is 0.0267. The molecule has 3 rings (SSSR count). The van der Waals surface area contributed by atoms with Crippen LogP contribution in [0.4, 0.5) is 30.7 Å². The van der Waals surface area contributed by atoms with Crippen molar-refractivity contribution in [3.63, 3.8) is 0 Å². The second-order valence-electron chi connectivity index (χ2n) is 7.72. The van der Waals surface area contributed by atoms with Gasteiger partial charge in [-0.15, -0.1) is 0 Å². The van der Waals surface area contributed by atoms with E-state index in [1.165, 1.54) is 38.2 Å². The molecule has 0 saturated carbocycles. The molecule has 1 N–H and O–H groups in total. The Morgan fingerprint density at radius 2 is 1.56 bits per heavy atom. The molecular weight excluding hydrogens is 489 g/mol. The van der Waals surface area contributed by atoms with Gasteiger partial charge in [0, 0.05) is 11.8 Å². The molecule has 2 aromatic carbocycles. The minimum atomic E-state index is -5.06. The fourth-order valence-electron chi connectivity index (χ4n) is 3.37. The highest BCUT2D eigenvalue weighted by Crippen LogP contribution is 2.36. The molecule has 1 heterocycles. The van der Waals surface area contributed by atoms with E-state index in [1.54, 1.807) is 0 Å². The van der Waals surface area contributed by atoms with Gasteiger partial charge in [-0.05, 0) is 61.9 Å². The van der Waals surface area contributed by atoms with Crippen molar-refractivity contribution in [1.29, 1.82) is 0 Å². The van der Waals surface area contributed by atoms with Crippen LogP contribution in [0, 0.1) is 12.7 Å². The Morgan fingerprint density at radius 1 is 0.912 bits per heavy atom. The number of carbonyl (C=O) groups excluding carboxylic acids is 1. The number of aromatic nitrogens is 1. The number of aryl methyl sites for hydroxylation is 1. The van der Waals surface area contributed by atoms with Crippen LogP contribution in [0.15, 0.2) is 54.7 Å². The molecule has 0 aliphatic rings. The van der Waals surface area contributed by atoms with E-state index < -0.39 is 46.3 Å². The molecule has 34 heavy (non-hydrogen) atoms. The van der Waals surface area contributed by atoms with E-state index in [4.69, 9.17) is 11.6 Å². The number of benzene rings is 2. The van der Waals surface area contributed by atoms with Crippen LogP contribution < -0.4 is 5.32 Å². The maximum atomic E-state index is 13.7. The molecular formula is C23H16ClF7N2O. The summed E-state index contributed by atoms with van der Waals surface area (Å²) in [6, 6.07) is 7.54. The third kappa shape index (κ3) is 5.32. The van der Waals surface area contributed by atoms with Gasteiger partial charge in [-0.25, -0.2) is 4.39 Å². The Morgan fingerprint density at radius 3 is 2.12 bits per heavy atom. The number of pyridine rings is 1. The Hall–Kier alpha value is -3.14. The molecule has 1 unspecified atom stereocenters. The number of rotatable bonds is 4. The summed E-state index contributed by atoms with van der Waals surface area (Å²) in [6.45, 7) is 2.77. The van der Waals surface area contributed by atoms with Crippen molar-refractivity contribution in [2.24, 2.45) is 0 Å². The van der Waals surface area contributed by atoms with Gasteiger partial charge in [-0.1, -0.05) is 23.2 Å². The fourth-order valence-corrected chi connectivity index (χ4v) is 3.49. The van der Waals surface area contributed by atoms with E-state index in [1.807, 2.05) is 0 Å².